The summed E-state index contributed by atoms with van der Waals surface area (Å²) in [6, 6.07) is 14.6. The van der Waals surface area contributed by atoms with Gasteiger partial charge < -0.3 is 25.0 Å². The summed E-state index contributed by atoms with van der Waals surface area (Å²) in [5.41, 5.74) is 4.98. The highest BCUT2D eigenvalue weighted by Gasteiger charge is 2.13. The average molecular weight is 524 g/mol. The fourth-order valence-corrected chi connectivity index (χ4v) is 3.51. The van der Waals surface area contributed by atoms with Crippen molar-refractivity contribution in [1.29, 1.82) is 0 Å². The highest BCUT2D eigenvalue weighted by Crippen LogP contribution is 2.26. The van der Waals surface area contributed by atoms with E-state index in [4.69, 9.17) is 9.47 Å². The van der Waals surface area contributed by atoms with Crippen LogP contribution in [0.25, 0.3) is 0 Å². The van der Waals surface area contributed by atoms with Crippen LogP contribution >= 0.6 is 24.0 Å². The molecule has 0 atom stereocenters. The molecule has 0 aliphatic carbocycles. The molecule has 0 radical (unpaired) electrons. The minimum atomic E-state index is 0. The second kappa shape index (κ2) is 12.6. The van der Waals surface area contributed by atoms with Crippen LogP contribution in [-0.4, -0.2) is 46.9 Å². The molecule has 0 bridgehead atoms. The number of ether oxygens (including phenoxy) is 2. The van der Waals surface area contributed by atoms with Crippen LogP contribution < -0.4 is 20.3 Å². The van der Waals surface area contributed by atoms with E-state index in [1.165, 1.54) is 23.2 Å². The molecule has 0 aromatic heterocycles. The van der Waals surface area contributed by atoms with Crippen LogP contribution in [-0.2, 0) is 17.7 Å². The maximum atomic E-state index is 5.77. The number of hydrogen-bond donors (Lipinski definition) is 2. The zero-order chi connectivity index (χ0) is 20.5. The fourth-order valence-electron chi connectivity index (χ4n) is 3.51. The zero-order valence-electron chi connectivity index (χ0n) is 18.1. The lowest BCUT2D eigenvalue weighted by Gasteiger charge is -2.28. The second-order valence-corrected chi connectivity index (χ2v) is 7.26. The van der Waals surface area contributed by atoms with Gasteiger partial charge >= 0.3 is 0 Å². The third-order valence-electron chi connectivity index (χ3n) is 5.04. The Balaban J connectivity index is 0.00000320. The highest BCUT2D eigenvalue weighted by molar-refractivity contribution is 14.0. The van der Waals surface area contributed by atoms with Gasteiger partial charge in [0.05, 0.1) is 6.61 Å². The number of guanidine groups is 1. The molecule has 1 heterocycles. The van der Waals surface area contributed by atoms with E-state index in [1.54, 1.807) is 14.2 Å². The fraction of sp³-hybridized carbons (Fsp3) is 0.435. The smallest absolute Gasteiger partial charge is 0.195 e. The minimum absolute atomic E-state index is 0. The molecule has 0 amide bonds. The molecule has 6 nitrogen and oxygen atoms in total. The van der Waals surface area contributed by atoms with E-state index in [2.05, 4.69) is 45.8 Å². The van der Waals surface area contributed by atoms with Gasteiger partial charge in [-0.05, 0) is 42.2 Å². The van der Waals surface area contributed by atoms with Gasteiger partial charge in [0, 0.05) is 64.8 Å². The third-order valence-corrected chi connectivity index (χ3v) is 5.04. The maximum absolute atomic E-state index is 5.77. The molecule has 2 N–H and O–H groups in total. The van der Waals surface area contributed by atoms with Crippen molar-refractivity contribution in [3.05, 3.63) is 53.6 Å². The zero-order valence-corrected chi connectivity index (χ0v) is 20.4. The first kappa shape index (κ1) is 24.3. The molecule has 7 heteroatoms. The van der Waals surface area contributed by atoms with Crippen LogP contribution in [0.3, 0.4) is 0 Å². The van der Waals surface area contributed by atoms with Crippen molar-refractivity contribution in [2.45, 2.75) is 25.8 Å². The molecule has 30 heavy (non-hydrogen) atoms. The lowest BCUT2D eigenvalue weighted by molar-refractivity contribution is 0.172. The summed E-state index contributed by atoms with van der Waals surface area (Å²) in [6.45, 7) is 3.20. The van der Waals surface area contributed by atoms with E-state index in [1.807, 2.05) is 24.3 Å². The van der Waals surface area contributed by atoms with E-state index in [0.29, 0.717) is 13.2 Å². The van der Waals surface area contributed by atoms with Crippen molar-refractivity contribution in [3.8, 4) is 5.75 Å². The number of fused-ring (bicyclic) bond motifs is 1. The van der Waals surface area contributed by atoms with Gasteiger partial charge in [-0.25, -0.2) is 0 Å². The van der Waals surface area contributed by atoms with Gasteiger partial charge in [-0.2, -0.15) is 0 Å². The van der Waals surface area contributed by atoms with E-state index in [-0.39, 0.29) is 24.0 Å². The number of benzene rings is 2. The summed E-state index contributed by atoms with van der Waals surface area (Å²) in [5.74, 6) is 1.57. The maximum Gasteiger partial charge on any atom is 0.195 e. The van der Waals surface area contributed by atoms with Crippen LogP contribution in [0, 0.1) is 0 Å². The minimum Gasteiger partial charge on any atom is -0.493 e. The Morgan fingerprint density at radius 1 is 1.17 bits per heavy atom. The van der Waals surface area contributed by atoms with Crippen LogP contribution in [0.5, 0.6) is 5.75 Å². The number of anilines is 2. The largest absolute Gasteiger partial charge is 0.493 e. The number of hydrogen-bond acceptors (Lipinski definition) is 4. The number of methoxy groups -OCH3 is 1. The van der Waals surface area contributed by atoms with Gasteiger partial charge in [0.1, 0.15) is 5.75 Å². The summed E-state index contributed by atoms with van der Waals surface area (Å²) in [4.78, 5) is 6.68. The molecular formula is C23H33IN4O2. The van der Waals surface area contributed by atoms with E-state index in [0.717, 1.165) is 43.3 Å². The van der Waals surface area contributed by atoms with Crippen molar-refractivity contribution in [2.75, 3.05) is 51.2 Å². The Morgan fingerprint density at radius 3 is 2.83 bits per heavy atom. The molecule has 1 aliphatic rings. The summed E-state index contributed by atoms with van der Waals surface area (Å²) in [6.07, 6.45) is 3.24. The van der Waals surface area contributed by atoms with Crippen molar-refractivity contribution < 1.29 is 9.47 Å². The molecular weight excluding hydrogens is 491 g/mol. The number of nitrogens with zero attached hydrogens (tertiary/aromatic N) is 2. The lowest BCUT2D eigenvalue weighted by atomic mass is 9.99. The van der Waals surface area contributed by atoms with Crippen LogP contribution in [0.4, 0.5) is 11.4 Å². The summed E-state index contributed by atoms with van der Waals surface area (Å²) in [7, 11) is 5.64. The van der Waals surface area contributed by atoms with E-state index < -0.39 is 0 Å². The van der Waals surface area contributed by atoms with Crippen molar-refractivity contribution in [1.82, 2.24) is 5.32 Å². The van der Waals surface area contributed by atoms with Gasteiger partial charge in [-0.3, -0.25) is 4.99 Å². The molecule has 1 aliphatic heterocycles. The van der Waals surface area contributed by atoms with Gasteiger partial charge in [0.2, 0.25) is 0 Å². The van der Waals surface area contributed by atoms with Crippen molar-refractivity contribution in [2.24, 2.45) is 4.99 Å². The molecule has 0 unspecified atom stereocenters. The summed E-state index contributed by atoms with van der Waals surface area (Å²) in [5, 5.41) is 6.74. The monoisotopic (exact) mass is 524 g/mol. The summed E-state index contributed by atoms with van der Waals surface area (Å²) >= 11 is 0. The Morgan fingerprint density at radius 2 is 2.03 bits per heavy atom. The molecule has 2 aromatic rings. The van der Waals surface area contributed by atoms with Gasteiger partial charge in [-0.1, -0.05) is 18.2 Å². The first-order chi connectivity index (χ1) is 14.2. The van der Waals surface area contributed by atoms with Gasteiger partial charge in [-0.15, -0.1) is 24.0 Å². The third kappa shape index (κ3) is 7.05. The Bertz CT molecular complexity index is 829. The molecule has 0 saturated carbocycles. The number of rotatable bonds is 8. The molecule has 3 rings (SSSR count). The topological polar surface area (TPSA) is 58.1 Å². The molecule has 2 aromatic carbocycles. The number of aryl methyl sites for hydroxylation is 1. The normalized spacial score (nSPS) is 13.3. The molecule has 0 spiro atoms. The Labute approximate surface area is 197 Å². The highest BCUT2D eigenvalue weighted by atomic mass is 127. The average Bonchev–Trinajstić information content (AvgIpc) is 2.74. The van der Waals surface area contributed by atoms with Crippen LogP contribution in [0.15, 0.2) is 47.5 Å². The first-order valence-electron chi connectivity index (χ1n) is 10.2. The van der Waals surface area contributed by atoms with Crippen LogP contribution in [0.2, 0.25) is 0 Å². The van der Waals surface area contributed by atoms with Gasteiger partial charge in [0.25, 0.3) is 0 Å². The number of nitrogens with one attached hydrogen (secondary N) is 2. The van der Waals surface area contributed by atoms with E-state index in [9.17, 15) is 0 Å². The predicted octanol–water partition coefficient (Wildman–Crippen LogP) is 4.29. The Hall–Kier alpha value is -2.00. The van der Waals surface area contributed by atoms with Crippen molar-refractivity contribution >= 4 is 41.3 Å². The lowest BCUT2D eigenvalue weighted by Crippen LogP contribution is -2.30. The summed E-state index contributed by atoms with van der Waals surface area (Å²) < 4.78 is 10.8. The predicted molar refractivity (Wildman–Crippen MR) is 136 cm³/mol. The standard InChI is InChI=1S/C23H32N4O2.HI/c1-24-23(26-20-8-4-9-21(16-20)29-14-6-13-28-3)25-17-18-10-11-22-19(15-18)7-5-12-27(22)2;/h4,8-11,15-16H,5-7,12-14,17H2,1-3H3,(H2,24,25,26);1H. The SMILES string of the molecule is CN=C(NCc1ccc2c(c1)CCCN2C)Nc1cccc(OCCCOC)c1.I. The molecule has 0 saturated heterocycles. The molecule has 0 fully saturated rings. The Kier molecular flexibility index (Phi) is 10.2. The van der Waals surface area contributed by atoms with Gasteiger partial charge in [0.15, 0.2) is 5.96 Å². The first-order valence-corrected chi connectivity index (χ1v) is 10.2. The second-order valence-electron chi connectivity index (χ2n) is 7.26. The van der Waals surface area contributed by atoms with Crippen molar-refractivity contribution in [3.63, 3.8) is 0 Å². The quantitative estimate of drug-likeness (QED) is 0.234. The van der Waals surface area contributed by atoms with E-state index >= 15 is 0 Å². The van der Waals surface area contributed by atoms with Crippen LogP contribution in [0.1, 0.15) is 24.0 Å². The molecule has 164 valence electrons. The number of halogens is 1. The number of aliphatic imine (C=N–C) groups is 1.